The number of nitrogens with zero attached hydrogens (tertiary/aromatic N) is 5. The number of anilines is 1. The van der Waals surface area contributed by atoms with E-state index in [2.05, 4.69) is 43.9 Å². The molecule has 0 radical (unpaired) electrons. The van der Waals surface area contributed by atoms with Gasteiger partial charge in [0.25, 0.3) is 11.5 Å². The van der Waals surface area contributed by atoms with E-state index in [1.807, 2.05) is 10.7 Å². The highest BCUT2D eigenvalue weighted by molar-refractivity contribution is 6.04. The number of aromatic nitrogens is 6. The van der Waals surface area contributed by atoms with Gasteiger partial charge in [0.05, 0.1) is 29.7 Å². The van der Waals surface area contributed by atoms with Gasteiger partial charge in [-0.15, -0.1) is 0 Å². The van der Waals surface area contributed by atoms with E-state index >= 15 is 0 Å². The molecule has 0 spiro atoms. The van der Waals surface area contributed by atoms with E-state index in [1.54, 1.807) is 25.3 Å². The normalized spacial score (nSPS) is 15.5. The maximum Gasteiger partial charge on any atom is 0.264 e. The molecule has 1 aromatic carbocycles. The maximum atomic E-state index is 13.0. The lowest BCUT2D eigenvalue weighted by atomic mass is 9.88. The molecule has 0 saturated heterocycles. The van der Waals surface area contributed by atoms with Crippen LogP contribution in [0.4, 0.5) is 5.82 Å². The lowest BCUT2D eigenvalue weighted by Gasteiger charge is -2.27. The molecule has 0 saturated carbocycles. The van der Waals surface area contributed by atoms with E-state index in [0.29, 0.717) is 22.9 Å². The first-order chi connectivity index (χ1) is 15.1. The second-order valence-electron chi connectivity index (χ2n) is 7.56. The fourth-order valence-corrected chi connectivity index (χ4v) is 4.15. The predicted molar refractivity (Wildman–Crippen MR) is 114 cm³/mol. The average molecular weight is 415 g/mol. The molecule has 1 amide bonds. The summed E-state index contributed by atoms with van der Waals surface area (Å²) in [6.07, 6.45) is 6.30. The second-order valence-corrected chi connectivity index (χ2v) is 7.56. The Morgan fingerprint density at radius 1 is 1.16 bits per heavy atom. The van der Waals surface area contributed by atoms with Crippen LogP contribution >= 0.6 is 0 Å². The monoisotopic (exact) mass is 415 g/mol. The number of rotatable bonds is 4. The Morgan fingerprint density at radius 2 is 2.03 bits per heavy atom. The third-order valence-corrected chi connectivity index (χ3v) is 5.68. The molecule has 1 atom stereocenters. The molecule has 3 heterocycles. The van der Waals surface area contributed by atoms with Gasteiger partial charge in [0, 0.05) is 12.1 Å². The topological polar surface area (TPSA) is 110 Å². The Labute approximate surface area is 177 Å². The van der Waals surface area contributed by atoms with Crippen LogP contribution in [0.1, 0.15) is 46.1 Å². The molecule has 1 aliphatic rings. The van der Waals surface area contributed by atoms with E-state index in [9.17, 15) is 9.59 Å². The minimum absolute atomic E-state index is 0.0874. The largest absolute Gasteiger partial charge is 0.307 e. The molecule has 156 valence electrons. The molecule has 1 unspecified atom stereocenters. The quantitative estimate of drug-likeness (QED) is 0.532. The van der Waals surface area contributed by atoms with Gasteiger partial charge < -0.3 is 5.32 Å². The minimum atomic E-state index is -0.302. The zero-order chi connectivity index (χ0) is 21.4. The Morgan fingerprint density at radius 3 is 2.87 bits per heavy atom. The van der Waals surface area contributed by atoms with E-state index in [1.165, 1.54) is 28.1 Å². The van der Waals surface area contributed by atoms with E-state index in [-0.39, 0.29) is 17.5 Å². The van der Waals surface area contributed by atoms with Gasteiger partial charge in [-0.2, -0.15) is 15.3 Å². The van der Waals surface area contributed by atoms with Gasteiger partial charge in [-0.25, -0.2) is 14.5 Å². The van der Waals surface area contributed by atoms with Gasteiger partial charge in [0.1, 0.15) is 5.82 Å². The molecule has 3 aromatic heterocycles. The average Bonchev–Trinajstić information content (AvgIpc) is 3.40. The van der Waals surface area contributed by atoms with Gasteiger partial charge in [0.15, 0.2) is 5.82 Å². The lowest BCUT2D eigenvalue weighted by Crippen LogP contribution is -2.22. The molecule has 9 nitrogen and oxygen atoms in total. The molecule has 31 heavy (non-hydrogen) atoms. The van der Waals surface area contributed by atoms with Crippen molar-refractivity contribution >= 4 is 11.7 Å². The number of aryl methyl sites for hydroxylation is 1. The second kappa shape index (κ2) is 7.67. The smallest absolute Gasteiger partial charge is 0.264 e. The Kier molecular flexibility index (Phi) is 4.70. The summed E-state index contributed by atoms with van der Waals surface area (Å²) in [5, 5.41) is 18.1. The number of carbonyl (C=O) groups excluding carboxylic acids is 1. The number of nitrogens with one attached hydrogen (secondary N) is 2. The summed E-state index contributed by atoms with van der Waals surface area (Å²) < 4.78 is 3.40. The Hall–Kier alpha value is -4.01. The first-order valence-corrected chi connectivity index (χ1v) is 10.2. The number of H-pyrrole nitrogens is 1. The Balaban J connectivity index is 1.42. The molecule has 1 aliphatic carbocycles. The fraction of sp³-hybridized carbons (Fsp3) is 0.227. The summed E-state index contributed by atoms with van der Waals surface area (Å²) in [4.78, 5) is 24.3. The molecule has 4 aromatic rings. The standard InChI is InChI=1S/C22H21N7O2/c1-14-17(13-24-28(14)20-9-10-21(30)27-26-20)22(31)25-19-11-12-23-29(19)18-8-4-6-15-5-2-3-7-16(15)18/h2-3,5,7,9-13,18H,4,6,8H2,1H3,(H,25,31)(H,27,30). The van der Waals surface area contributed by atoms with Crippen LogP contribution in [0.2, 0.25) is 0 Å². The highest BCUT2D eigenvalue weighted by Gasteiger charge is 2.25. The van der Waals surface area contributed by atoms with Gasteiger partial charge in [-0.3, -0.25) is 9.59 Å². The number of fused-ring (bicyclic) bond motifs is 1. The number of benzene rings is 1. The molecule has 9 heteroatoms. The van der Waals surface area contributed by atoms with Crippen molar-refractivity contribution in [2.24, 2.45) is 0 Å². The van der Waals surface area contributed by atoms with E-state index in [0.717, 1.165) is 19.3 Å². The molecule has 0 bridgehead atoms. The van der Waals surface area contributed by atoms with Crippen LogP contribution in [-0.2, 0) is 6.42 Å². The summed E-state index contributed by atoms with van der Waals surface area (Å²) in [6, 6.07) is 13.2. The zero-order valence-electron chi connectivity index (χ0n) is 16.9. The summed E-state index contributed by atoms with van der Waals surface area (Å²) in [5.74, 6) is 0.792. The number of amides is 1. The van der Waals surface area contributed by atoms with Crippen molar-refractivity contribution in [3.05, 3.63) is 87.6 Å². The van der Waals surface area contributed by atoms with Crippen molar-refractivity contribution in [3.63, 3.8) is 0 Å². The highest BCUT2D eigenvalue weighted by atomic mass is 16.2. The predicted octanol–water partition coefficient (Wildman–Crippen LogP) is 2.64. The first kappa shape index (κ1) is 19.0. The van der Waals surface area contributed by atoms with Crippen molar-refractivity contribution in [2.45, 2.75) is 32.2 Å². The van der Waals surface area contributed by atoms with Crippen LogP contribution in [0, 0.1) is 6.92 Å². The van der Waals surface area contributed by atoms with Crippen LogP contribution in [0.3, 0.4) is 0 Å². The van der Waals surface area contributed by atoms with Crippen molar-refractivity contribution in [3.8, 4) is 5.82 Å². The van der Waals surface area contributed by atoms with Crippen LogP contribution in [0.15, 0.2) is 59.7 Å². The lowest BCUT2D eigenvalue weighted by molar-refractivity contribution is 0.102. The van der Waals surface area contributed by atoms with Gasteiger partial charge >= 0.3 is 0 Å². The summed E-state index contributed by atoms with van der Waals surface area (Å²) in [7, 11) is 0. The fourth-order valence-electron chi connectivity index (χ4n) is 4.15. The molecule has 2 N–H and O–H groups in total. The summed E-state index contributed by atoms with van der Waals surface area (Å²) in [6.45, 7) is 1.78. The van der Waals surface area contributed by atoms with E-state index < -0.39 is 0 Å². The molecular weight excluding hydrogens is 394 g/mol. The van der Waals surface area contributed by atoms with Gasteiger partial charge in [0.2, 0.25) is 0 Å². The number of hydrogen-bond acceptors (Lipinski definition) is 5. The van der Waals surface area contributed by atoms with Crippen molar-refractivity contribution < 1.29 is 4.79 Å². The van der Waals surface area contributed by atoms with Crippen molar-refractivity contribution in [1.29, 1.82) is 0 Å². The SMILES string of the molecule is Cc1c(C(=O)Nc2ccnn2C2CCCc3ccccc32)cnn1-c1ccc(=O)[nH]n1. The van der Waals surface area contributed by atoms with Crippen LogP contribution < -0.4 is 10.9 Å². The maximum absolute atomic E-state index is 13.0. The number of hydrogen-bond donors (Lipinski definition) is 2. The third kappa shape index (κ3) is 3.43. The van der Waals surface area contributed by atoms with Crippen molar-refractivity contribution in [2.75, 3.05) is 5.32 Å². The highest BCUT2D eigenvalue weighted by Crippen LogP contribution is 2.34. The summed E-state index contributed by atoms with van der Waals surface area (Å²) >= 11 is 0. The minimum Gasteiger partial charge on any atom is -0.307 e. The van der Waals surface area contributed by atoms with Gasteiger partial charge in [-0.05, 0) is 43.4 Å². The van der Waals surface area contributed by atoms with Gasteiger partial charge in [-0.1, -0.05) is 24.3 Å². The molecule has 5 rings (SSSR count). The molecule has 0 fully saturated rings. The van der Waals surface area contributed by atoms with E-state index in [4.69, 9.17) is 0 Å². The van der Waals surface area contributed by atoms with Crippen molar-refractivity contribution in [1.82, 2.24) is 29.8 Å². The van der Waals surface area contributed by atoms with Crippen LogP contribution in [-0.4, -0.2) is 35.7 Å². The molecular formula is C22H21N7O2. The van der Waals surface area contributed by atoms with Crippen LogP contribution in [0.5, 0.6) is 0 Å². The third-order valence-electron chi connectivity index (χ3n) is 5.68. The Bertz CT molecular complexity index is 1300. The first-order valence-electron chi connectivity index (χ1n) is 10.2. The number of carbonyl (C=O) groups is 1. The summed E-state index contributed by atoms with van der Waals surface area (Å²) in [5.41, 5.74) is 3.32. The molecule has 0 aliphatic heterocycles. The number of aromatic amines is 1. The van der Waals surface area contributed by atoms with Crippen LogP contribution in [0.25, 0.3) is 5.82 Å². The zero-order valence-corrected chi connectivity index (χ0v) is 16.9.